The molecule has 0 aliphatic rings. The molecule has 0 saturated heterocycles. The molecule has 12 nitrogen and oxygen atoms in total. The van der Waals surface area contributed by atoms with Gasteiger partial charge in [-0.1, -0.05) is 48.5 Å². The van der Waals surface area contributed by atoms with Crippen molar-refractivity contribution in [2.45, 2.75) is 49.9 Å². The van der Waals surface area contributed by atoms with Crippen LogP contribution >= 0.6 is 11.8 Å². The zero-order valence-electron chi connectivity index (χ0n) is 23.2. The minimum atomic E-state index is -1.45. The van der Waals surface area contributed by atoms with Crippen LogP contribution in [-0.2, 0) is 36.8 Å². The van der Waals surface area contributed by atoms with Gasteiger partial charge in [-0.2, -0.15) is 11.8 Å². The Morgan fingerprint density at radius 2 is 1.52 bits per heavy atom. The van der Waals surface area contributed by atoms with Crippen molar-refractivity contribution in [3.05, 3.63) is 71.9 Å². The Bertz CT molecular complexity index is 1400. The van der Waals surface area contributed by atoms with E-state index in [4.69, 9.17) is 16.6 Å². The molecule has 3 rings (SSSR count). The third-order valence-electron chi connectivity index (χ3n) is 6.60. The molecule has 4 unspecified atom stereocenters. The lowest BCUT2D eigenvalue weighted by Crippen LogP contribution is -2.56. The highest BCUT2D eigenvalue weighted by Gasteiger charge is 2.29. The normalized spacial score (nSPS) is 13.9. The van der Waals surface area contributed by atoms with Gasteiger partial charge in [-0.25, -0.2) is 0 Å². The summed E-state index contributed by atoms with van der Waals surface area (Å²) in [6.45, 7) is 0. The van der Waals surface area contributed by atoms with E-state index in [1.807, 2.05) is 30.5 Å². The SMILES string of the molecule is CSCCC(NC(=O)C(N)Cc1c[nH]c2ccccc12)C(=O)NC(=O)C(Cc1ccccc1)NC(=O)CC(N)C(=O)O. The highest BCUT2D eigenvalue weighted by atomic mass is 32.2. The van der Waals surface area contributed by atoms with Gasteiger partial charge in [-0.15, -0.1) is 0 Å². The molecule has 0 aliphatic carbocycles. The standard InChI is InChI=1S/C29H36N6O6S/c1-42-12-11-23(34-26(37)20(30)14-18-16-32-22-10-6-5-9-19(18)22)27(38)35-28(39)24(13-17-7-3-2-4-8-17)33-25(36)15-21(31)29(40)41/h2-10,16,20-21,23-24,32H,11-15,30-31H2,1H3,(H,33,36)(H,34,37)(H,40,41)(H,35,38,39). The second kappa shape index (κ2) is 15.7. The number of aromatic amines is 1. The Balaban J connectivity index is 1.68. The van der Waals surface area contributed by atoms with E-state index < -0.39 is 60.2 Å². The molecule has 0 aliphatic heterocycles. The van der Waals surface area contributed by atoms with Crippen molar-refractivity contribution in [2.75, 3.05) is 12.0 Å². The van der Waals surface area contributed by atoms with Crippen molar-refractivity contribution in [3.63, 3.8) is 0 Å². The average Bonchev–Trinajstić information content (AvgIpc) is 3.37. The van der Waals surface area contributed by atoms with E-state index in [1.165, 1.54) is 11.8 Å². The Labute approximate surface area is 247 Å². The van der Waals surface area contributed by atoms with Crippen molar-refractivity contribution in [1.82, 2.24) is 20.9 Å². The number of carbonyl (C=O) groups is 5. The second-order valence-electron chi connectivity index (χ2n) is 9.82. The number of para-hydroxylation sites is 1. The van der Waals surface area contributed by atoms with E-state index in [9.17, 15) is 24.0 Å². The van der Waals surface area contributed by atoms with Crippen LogP contribution in [0.15, 0.2) is 60.8 Å². The molecule has 0 saturated carbocycles. The van der Waals surface area contributed by atoms with Gasteiger partial charge in [0.05, 0.1) is 12.5 Å². The number of carbonyl (C=O) groups excluding carboxylic acids is 4. The predicted octanol–water partition coefficient (Wildman–Crippen LogP) is 0.448. The highest BCUT2D eigenvalue weighted by Crippen LogP contribution is 2.19. The van der Waals surface area contributed by atoms with Crippen molar-refractivity contribution in [1.29, 1.82) is 0 Å². The van der Waals surface area contributed by atoms with E-state index in [0.717, 1.165) is 16.5 Å². The third kappa shape index (κ3) is 9.43. The van der Waals surface area contributed by atoms with Crippen LogP contribution in [0.2, 0.25) is 0 Å². The molecule has 1 aromatic heterocycles. The number of rotatable bonds is 15. The van der Waals surface area contributed by atoms with E-state index in [0.29, 0.717) is 11.3 Å². The number of benzene rings is 2. The summed E-state index contributed by atoms with van der Waals surface area (Å²) in [6, 6.07) is 11.7. The van der Waals surface area contributed by atoms with Gasteiger partial charge in [-0.05, 0) is 42.0 Å². The topological polar surface area (TPSA) is 209 Å². The number of nitrogens with one attached hydrogen (secondary N) is 4. The first-order chi connectivity index (χ1) is 20.1. The third-order valence-corrected chi connectivity index (χ3v) is 7.24. The number of carboxylic acid groups (broad SMARTS) is 1. The first-order valence-corrected chi connectivity index (χ1v) is 14.7. The number of hydrogen-bond donors (Lipinski definition) is 7. The van der Waals surface area contributed by atoms with Gasteiger partial charge in [0.15, 0.2) is 0 Å². The summed E-state index contributed by atoms with van der Waals surface area (Å²) >= 11 is 1.46. The Morgan fingerprint density at radius 1 is 0.857 bits per heavy atom. The highest BCUT2D eigenvalue weighted by molar-refractivity contribution is 7.98. The predicted molar refractivity (Wildman–Crippen MR) is 160 cm³/mol. The Hall–Kier alpha value is -4.20. The van der Waals surface area contributed by atoms with Gasteiger partial charge in [-0.3, -0.25) is 29.3 Å². The molecule has 2 aromatic carbocycles. The number of H-pyrrole nitrogens is 1. The van der Waals surface area contributed by atoms with Gasteiger partial charge in [0, 0.05) is 23.5 Å². The van der Waals surface area contributed by atoms with Gasteiger partial charge >= 0.3 is 5.97 Å². The summed E-state index contributed by atoms with van der Waals surface area (Å²) in [5.41, 5.74) is 14.1. The van der Waals surface area contributed by atoms with E-state index in [1.54, 1.807) is 36.5 Å². The fraction of sp³-hybridized carbons (Fsp3) is 0.345. The fourth-order valence-electron chi connectivity index (χ4n) is 4.31. The molecule has 9 N–H and O–H groups in total. The largest absolute Gasteiger partial charge is 0.480 e. The van der Waals surface area contributed by atoms with Crippen LogP contribution in [0.5, 0.6) is 0 Å². The molecule has 13 heteroatoms. The van der Waals surface area contributed by atoms with Crippen molar-refractivity contribution >= 4 is 52.3 Å². The zero-order chi connectivity index (χ0) is 30.6. The lowest BCUT2D eigenvalue weighted by molar-refractivity contribution is -0.140. The molecule has 224 valence electrons. The van der Waals surface area contributed by atoms with Crippen LogP contribution in [-0.4, -0.2) is 75.9 Å². The summed E-state index contributed by atoms with van der Waals surface area (Å²) in [5.74, 6) is -3.72. The molecular weight excluding hydrogens is 560 g/mol. The molecule has 4 amide bonds. The molecule has 0 radical (unpaired) electrons. The minimum Gasteiger partial charge on any atom is -0.480 e. The summed E-state index contributed by atoms with van der Waals surface area (Å²) in [4.78, 5) is 66.1. The minimum absolute atomic E-state index is 0.0331. The van der Waals surface area contributed by atoms with Gasteiger partial charge < -0.3 is 32.2 Å². The molecule has 1 heterocycles. The maximum Gasteiger partial charge on any atom is 0.321 e. The Morgan fingerprint density at radius 3 is 2.21 bits per heavy atom. The van der Waals surface area contributed by atoms with Crippen molar-refractivity contribution in [2.24, 2.45) is 11.5 Å². The smallest absolute Gasteiger partial charge is 0.321 e. The maximum atomic E-state index is 13.2. The lowest BCUT2D eigenvalue weighted by Gasteiger charge is -2.23. The van der Waals surface area contributed by atoms with Crippen LogP contribution in [0.3, 0.4) is 0 Å². The zero-order valence-corrected chi connectivity index (χ0v) is 24.0. The Kier molecular flexibility index (Phi) is 12.1. The molecule has 42 heavy (non-hydrogen) atoms. The summed E-state index contributed by atoms with van der Waals surface area (Å²) < 4.78 is 0. The van der Waals surface area contributed by atoms with Gasteiger partial charge in [0.25, 0.3) is 0 Å². The first kappa shape index (κ1) is 32.3. The number of aliphatic carboxylic acids is 1. The number of nitrogens with two attached hydrogens (primary N) is 2. The number of hydrogen-bond acceptors (Lipinski definition) is 8. The summed E-state index contributed by atoms with van der Waals surface area (Å²) in [6.07, 6.45) is 3.58. The van der Waals surface area contributed by atoms with E-state index in [2.05, 4.69) is 20.9 Å². The molecule has 0 spiro atoms. The molecular formula is C29H36N6O6S. The van der Waals surface area contributed by atoms with E-state index >= 15 is 0 Å². The number of imide groups is 1. The summed E-state index contributed by atoms with van der Waals surface area (Å²) in [5, 5.41) is 17.4. The molecule has 3 aromatic rings. The van der Waals surface area contributed by atoms with E-state index in [-0.39, 0.29) is 19.3 Å². The van der Waals surface area contributed by atoms with Crippen LogP contribution in [0, 0.1) is 0 Å². The van der Waals surface area contributed by atoms with Crippen LogP contribution in [0.4, 0.5) is 0 Å². The number of amides is 4. The van der Waals surface area contributed by atoms with Gasteiger partial charge in [0.1, 0.15) is 18.1 Å². The van der Waals surface area contributed by atoms with Crippen molar-refractivity contribution in [3.8, 4) is 0 Å². The van der Waals surface area contributed by atoms with Gasteiger partial charge in [0.2, 0.25) is 23.6 Å². The fourth-order valence-corrected chi connectivity index (χ4v) is 4.78. The second-order valence-corrected chi connectivity index (χ2v) is 10.8. The van der Waals surface area contributed by atoms with Crippen molar-refractivity contribution < 1.29 is 29.1 Å². The van der Waals surface area contributed by atoms with Crippen LogP contribution < -0.4 is 27.4 Å². The quantitative estimate of drug-likeness (QED) is 0.130. The van der Waals surface area contributed by atoms with Crippen LogP contribution in [0.1, 0.15) is 24.0 Å². The number of aromatic nitrogens is 1. The summed E-state index contributed by atoms with van der Waals surface area (Å²) in [7, 11) is 0. The average molecular weight is 597 g/mol. The number of fused-ring (bicyclic) bond motifs is 1. The number of carboxylic acids is 1. The van der Waals surface area contributed by atoms with Crippen LogP contribution in [0.25, 0.3) is 10.9 Å². The molecule has 0 bridgehead atoms. The monoisotopic (exact) mass is 596 g/mol. The maximum absolute atomic E-state index is 13.2. The number of thioether (sulfide) groups is 1. The first-order valence-electron chi connectivity index (χ1n) is 13.3. The molecule has 0 fully saturated rings. The molecule has 4 atom stereocenters. The lowest BCUT2D eigenvalue weighted by atomic mass is 10.0.